The summed E-state index contributed by atoms with van der Waals surface area (Å²) < 4.78 is 62.4. The first-order chi connectivity index (χ1) is 36.6. The van der Waals surface area contributed by atoms with Gasteiger partial charge in [-0.3, -0.25) is 29.4 Å². The Labute approximate surface area is 439 Å². The molecule has 15 nitrogen and oxygen atoms in total. The molecule has 2 saturated carbocycles. The Kier molecular flexibility index (Phi) is 14.0. The number of hydrogen-bond donors (Lipinski definition) is 5. The standard InChI is InChI=1S/C58H65F3N8O7/c1-33-43(59)29-47-50(49(33)51-40(53(62)72)13-14-46(52(51)61)75-26-25-70)34(2)58(76-47,37-7-5-4-6-8-37)32-63-38-11-9-36(10-12-38)55(73)68-23-18-57(19-24-68)30-39(31-57)67-20-15-35(16-21-67)41-28-45-42(27-44(41)60)54(65-66(45)3)69-22-17-48(71)64-56(69)74/h4,13-14,27-29,34-36,38-39,55,63,70,73H,9-12,15-26,30-32H2,1-3H3,(H2,62,72)(H,64,71,74). The van der Waals surface area contributed by atoms with Crippen LogP contribution < -0.4 is 30.7 Å². The number of nitrogens with two attached hydrogens (primary N) is 1. The molecule has 3 unspecified atom stereocenters. The van der Waals surface area contributed by atoms with Crippen LogP contribution in [-0.4, -0.2) is 124 Å². The lowest BCUT2D eigenvalue weighted by molar-refractivity contribution is -0.120. The number of urea groups is 1. The molecular weight excluding hydrogens is 978 g/mol. The van der Waals surface area contributed by atoms with E-state index >= 15 is 13.2 Å². The van der Waals surface area contributed by atoms with Crippen molar-refractivity contribution in [1.29, 1.82) is 0 Å². The number of carbonyl (C=O) groups excluding carboxylic acids is 3. The number of anilines is 1. The molecule has 4 aromatic rings. The molecule has 1 aromatic heterocycles. The summed E-state index contributed by atoms with van der Waals surface area (Å²) in [5, 5.41) is 32.4. The minimum Gasteiger partial charge on any atom is -0.488 e. The van der Waals surface area contributed by atoms with Gasteiger partial charge in [-0.25, -0.2) is 18.0 Å². The van der Waals surface area contributed by atoms with Gasteiger partial charge in [-0.1, -0.05) is 30.2 Å². The van der Waals surface area contributed by atoms with Crippen molar-refractivity contribution in [3.63, 3.8) is 0 Å². The second-order valence-corrected chi connectivity index (χ2v) is 22.2. The van der Waals surface area contributed by atoms with E-state index in [0.29, 0.717) is 33.9 Å². The molecule has 5 heterocycles. The van der Waals surface area contributed by atoms with Crippen molar-refractivity contribution >= 4 is 34.6 Å². The first-order valence-electron chi connectivity index (χ1n) is 26.9. The molecule has 3 aromatic carbocycles. The maximum atomic E-state index is 16.5. The van der Waals surface area contributed by atoms with Crippen molar-refractivity contribution in [3.05, 3.63) is 93.1 Å². The van der Waals surface area contributed by atoms with E-state index in [1.165, 1.54) is 36.1 Å². The highest BCUT2D eigenvalue weighted by molar-refractivity contribution is 6.09. The zero-order valence-electron chi connectivity index (χ0n) is 43.2. The molecule has 1 spiro atoms. The van der Waals surface area contributed by atoms with E-state index in [9.17, 15) is 24.6 Å². The van der Waals surface area contributed by atoms with E-state index in [0.717, 1.165) is 95.9 Å². The van der Waals surface area contributed by atoms with Gasteiger partial charge >= 0.3 is 6.03 Å². The molecule has 400 valence electrons. The minimum absolute atomic E-state index is 0.0807. The number of primary amides is 1. The second kappa shape index (κ2) is 20.5. The molecule has 3 aliphatic carbocycles. The molecule has 3 atom stereocenters. The van der Waals surface area contributed by atoms with Crippen LogP contribution in [0.4, 0.5) is 23.8 Å². The zero-order chi connectivity index (χ0) is 53.2. The molecule has 76 heavy (non-hydrogen) atoms. The number of carbonyl (C=O) groups is 3. The maximum Gasteiger partial charge on any atom is 0.329 e. The number of nitrogens with one attached hydrogen (secondary N) is 2. The van der Waals surface area contributed by atoms with Crippen molar-refractivity contribution in [2.75, 3.05) is 57.4 Å². The summed E-state index contributed by atoms with van der Waals surface area (Å²) in [6.07, 6.45) is 10.6. The number of piperidine rings is 2. The van der Waals surface area contributed by atoms with E-state index in [2.05, 4.69) is 48.8 Å². The smallest absolute Gasteiger partial charge is 0.329 e. The Hall–Kier alpha value is -6.41. The first-order valence-corrected chi connectivity index (χ1v) is 26.9. The summed E-state index contributed by atoms with van der Waals surface area (Å²) in [5.74, 6) is 2.98. The Morgan fingerprint density at radius 3 is 2.45 bits per heavy atom. The van der Waals surface area contributed by atoms with Gasteiger partial charge in [0.1, 0.15) is 30.2 Å². The summed E-state index contributed by atoms with van der Waals surface area (Å²) >= 11 is 0. The first kappa shape index (κ1) is 51.7. The quantitative estimate of drug-likeness (QED) is 0.0649. The second-order valence-electron chi connectivity index (χ2n) is 22.2. The van der Waals surface area contributed by atoms with Gasteiger partial charge in [-0.15, -0.1) is 0 Å². The van der Waals surface area contributed by atoms with Gasteiger partial charge in [-0.2, -0.15) is 5.10 Å². The Morgan fingerprint density at radius 1 is 1.01 bits per heavy atom. The molecule has 6 N–H and O–H groups in total. The topological polar surface area (TPSA) is 188 Å². The van der Waals surface area contributed by atoms with Gasteiger partial charge < -0.3 is 35.6 Å². The molecule has 4 aliphatic heterocycles. The van der Waals surface area contributed by atoms with E-state index in [4.69, 9.17) is 15.2 Å². The van der Waals surface area contributed by atoms with E-state index in [-0.39, 0.29) is 101 Å². The van der Waals surface area contributed by atoms with Gasteiger partial charge in [0.25, 0.3) is 0 Å². The summed E-state index contributed by atoms with van der Waals surface area (Å²) in [4.78, 5) is 43.4. The van der Waals surface area contributed by atoms with E-state index in [1.807, 2.05) is 13.0 Å². The molecule has 0 radical (unpaired) electrons. The summed E-state index contributed by atoms with van der Waals surface area (Å²) in [7, 11) is 1.79. The molecule has 3 saturated heterocycles. The third-order valence-corrected chi connectivity index (χ3v) is 18.0. The number of likely N-dealkylation sites (tertiary alicyclic amines) is 2. The number of hydrogen-bond acceptors (Lipinski definition) is 11. The lowest BCUT2D eigenvalue weighted by atomic mass is 9.59. The Bertz CT molecular complexity index is 3180. The van der Waals surface area contributed by atoms with Crippen LogP contribution in [0.15, 0.2) is 53.4 Å². The zero-order valence-corrected chi connectivity index (χ0v) is 43.2. The predicted molar refractivity (Wildman–Crippen MR) is 278 cm³/mol. The highest BCUT2D eigenvalue weighted by Gasteiger charge is 2.53. The van der Waals surface area contributed by atoms with Gasteiger partial charge in [0, 0.05) is 86.3 Å². The summed E-state index contributed by atoms with van der Waals surface area (Å²) in [6.45, 7) is 6.85. The number of rotatable bonds is 14. The molecule has 5 fully saturated rings. The van der Waals surface area contributed by atoms with Crippen molar-refractivity contribution in [2.45, 2.75) is 120 Å². The number of fused-ring (bicyclic) bond motifs is 2. The minimum atomic E-state index is -1.21. The van der Waals surface area contributed by atoms with Crippen LogP contribution in [0.1, 0.15) is 116 Å². The average molecular weight is 1040 g/mol. The number of aromatic nitrogens is 2. The lowest BCUT2D eigenvalue weighted by Gasteiger charge is -2.57. The fourth-order valence-corrected chi connectivity index (χ4v) is 13.6. The van der Waals surface area contributed by atoms with Gasteiger partial charge in [0.05, 0.1) is 23.3 Å². The van der Waals surface area contributed by atoms with E-state index < -0.39 is 41.3 Å². The van der Waals surface area contributed by atoms with Crippen LogP contribution in [0.2, 0.25) is 0 Å². The van der Waals surface area contributed by atoms with Crippen LogP contribution in [0, 0.1) is 47.5 Å². The number of imide groups is 1. The number of nitrogens with zero attached hydrogens (tertiary/aromatic N) is 5. The maximum absolute atomic E-state index is 16.5. The molecule has 11 rings (SSSR count). The third kappa shape index (κ3) is 9.19. The normalized spacial score (nSPS) is 25.2. The van der Waals surface area contributed by atoms with Crippen LogP contribution >= 0.6 is 0 Å². The number of allylic oxidation sites excluding steroid dienone is 1. The van der Waals surface area contributed by atoms with Crippen molar-refractivity contribution in [2.24, 2.45) is 24.1 Å². The number of aliphatic hydroxyl groups is 2. The van der Waals surface area contributed by atoms with Crippen LogP contribution in [0.25, 0.3) is 22.0 Å². The van der Waals surface area contributed by atoms with Crippen molar-refractivity contribution in [3.8, 4) is 34.5 Å². The molecule has 4 amide bonds. The van der Waals surface area contributed by atoms with Gasteiger partial charge in [-0.05, 0) is 142 Å². The summed E-state index contributed by atoms with van der Waals surface area (Å²) in [5.41, 5.74) is 13.3. The largest absolute Gasteiger partial charge is 0.488 e. The van der Waals surface area contributed by atoms with Gasteiger partial charge in [0.15, 0.2) is 23.0 Å². The summed E-state index contributed by atoms with van der Waals surface area (Å²) in [6, 6.07) is 7.33. The lowest BCUT2D eigenvalue weighted by Crippen LogP contribution is -2.58. The number of ether oxygens (including phenoxy) is 2. The fourth-order valence-electron chi connectivity index (χ4n) is 13.6. The highest BCUT2D eigenvalue weighted by Crippen LogP contribution is 2.55. The number of aliphatic hydroxyl groups excluding tert-OH is 2. The Balaban J connectivity index is 0.685. The number of amides is 4. The molecule has 0 bridgehead atoms. The van der Waals surface area contributed by atoms with Gasteiger partial charge in [0.2, 0.25) is 11.8 Å². The molecular formula is C58H65F3N8O7. The highest BCUT2D eigenvalue weighted by atomic mass is 19.1. The van der Waals surface area contributed by atoms with Crippen LogP contribution in [0.5, 0.6) is 11.5 Å². The van der Waals surface area contributed by atoms with Crippen LogP contribution in [0.3, 0.4) is 0 Å². The Morgan fingerprint density at radius 2 is 1.76 bits per heavy atom. The number of halogens is 3. The monoisotopic (exact) mass is 1040 g/mol. The fraction of sp³-hybridized carbons (Fsp3) is 0.517. The number of benzene rings is 3. The number of aryl methyl sites for hydroxylation is 1. The van der Waals surface area contributed by atoms with Crippen LogP contribution in [-0.2, 0) is 11.8 Å². The molecule has 7 aliphatic rings. The molecule has 18 heteroatoms. The average Bonchev–Trinajstić information content (AvgIpc) is 3.97. The van der Waals surface area contributed by atoms with Crippen molar-refractivity contribution < 1.29 is 47.2 Å². The SMILES string of the molecule is Cc1c(F)cc2c(c1-c1c(C(N)=O)ccc(OCCO)c1F)C(C)C(CNC1CCC(C(O)N3CCC4(CC3)CC(N3CCC(c5cc6c(cc5F)c(N5CCC(=O)NC5=O)nn6C)CC3)C4)CC1)(C1=C=C=CC#C1)O2. The third-order valence-electron chi connectivity index (χ3n) is 18.0. The van der Waals surface area contributed by atoms with Crippen molar-refractivity contribution in [1.82, 2.24) is 30.2 Å². The predicted octanol–water partition coefficient (Wildman–Crippen LogP) is 6.96. The van der Waals surface area contributed by atoms with E-state index in [1.54, 1.807) is 17.8 Å².